The van der Waals surface area contributed by atoms with Gasteiger partial charge in [0.15, 0.2) is 0 Å². The fourth-order valence-electron chi connectivity index (χ4n) is 2.88. The predicted octanol–water partition coefficient (Wildman–Crippen LogP) is 4.62. The number of rotatable bonds is 4. The van der Waals surface area contributed by atoms with Crippen LogP contribution in [-0.4, -0.2) is 19.3 Å². The predicted molar refractivity (Wildman–Crippen MR) is 113 cm³/mol. The molecule has 0 saturated heterocycles. The monoisotopic (exact) mass is 453 g/mol. The van der Waals surface area contributed by atoms with Crippen molar-refractivity contribution in [1.82, 2.24) is 15.2 Å². The van der Waals surface area contributed by atoms with Crippen LogP contribution in [0.5, 0.6) is 0 Å². The van der Waals surface area contributed by atoms with Gasteiger partial charge in [0.1, 0.15) is 9.90 Å². The van der Waals surface area contributed by atoms with Gasteiger partial charge in [-0.3, -0.25) is 10.2 Å². The van der Waals surface area contributed by atoms with E-state index in [1.54, 1.807) is 49.4 Å². The third-order valence-corrected chi connectivity index (χ3v) is 7.84. The molecule has 0 saturated carbocycles. The number of H-pyrrole nitrogens is 1. The van der Waals surface area contributed by atoms with Gasteiger partial charge in [-0.1, -0.05) is 23.2 Å². The van der Waals surface area contributed by atoms with Gasteiger partial charge in [-0.15, -0.1) is 16.2 Å². The fraction of sp³-hybridized carbons (Fsp3) is 0.0556. The molecular weight excluding hydrogens is 441 g/mol. The van der Waals surface area contributed by atoms with Gasteiger partial charge in [-0.25, -0.2) is 8.42 Å². The minimum atomic E-state index is -3.95. The van der Waals surface area contributed by atoms with E-state index in [4.69, 9.17) is 23.2 Å². The number of sulfonamides is 1. The molecule has 4 aromatic rings. The number of benzene rings is 2. The topological polar surface area (TPSA) is 91.1 Å². The third-order valence-electron chi connectivity index (χ3n) is 4.22. The van der Waals surface area contributed by atoms with Crippen LogP contribution in [-0.2, 0) is 10.0 Å². The molecule has 28 heavy (non-hydrogen) atoms. The second kappa shape index (κ2) is 7.06. The summed E-state index contributed by atoms with van der Waals surface area (Å²) in [5, 5.41) is 2.58. The van der Waals surface area contributed by atoms with Crippen molar-refractivity contribution in [2.24, 2.45) is 0 Å². The van der Waals surface area contributed by atoms with Crippen LogP contribution >= 0.6 is 34.5 Å². The molecular formula is C18H13Cl2N3O3S2. The van der Waals surface area contributed by atoms with E-state index in [0.29, 0.717) is 15.6 Å². The van der Waals surface area contributed by atoms with E-state index in [1.807, 2.05) is 0 Å². The first-order valence-corrected chi connectivity index (χ1v) is 11.1. The summed E-state index contributed by atoms with van der Waals surface area (Å²) in [6.07, 6.45) is 0. The van der Waals surface area contributed by atoms with Crippen LogP contribution in [0.1, 0.15) is 16.1 Å². The number of aryl methyl sites for hydroxylation is 1. The number of carbonyl (C=O) groups excluding carboxylic acids is 1. The van der Waals surface area contributed by atoms with Crippen molar-refractivity contribution >= 4 is 71.5 Å². The van der Waals surface area contributed by atoms with Crippen LogP contribution in [0.3, 0.4) is 0 Å². The van der Waals surface area contributed by atoms with Gasteiger partial charge < -0.3 is 4.98 Å². The van der Waals surface area contributed by atoms with Gasteiger partial charge >= 0.3 is 0 Å². The third kappa shape index (κ3) is 3.49. The molecule has 2 aromatic carbocycles. The van der Waals surface area contributed by atoms with Crippen LogP contribution in [0, 0.1) is 6.92 Å². The van der Waals surface area contributed by atoms with Gasteiger partial charge in [-0.05, 0) is 60.3 Å². The van der Waals surface area contributed by atoms with Crippen LogP contribution < -0.4 is 10.3 Å². The molecule has 0 atom stereocenters. The summed E-state index contributed by atoms with van der Waals surface area (Å²) in [6.45, 7) is 1.70. The van der Waals surface area contributed by atoms with Gasteiger partial charge in [0.05, 0.1) is 0 Å². The number of fused-ring (bicyclic) bond motifs is 2. The first kappa shape index (κ1) is 19.2. The molecule has 2 heterocycles. The normalized spacial score (nSPS) is 12.0. The molecule has 6 nitrogen and oxygen atoms in total. The lowest BCUT2D eigenvalue weighted by Gasteiger charge is -2.07. The molecule has 0 aliphatic heterocycles. The quantitative estimate of drug-likeness (QED) is 0.393. The number of hydrogen-bond acceptors (Lipinski definition) is 4. The summed E-state index contributed by atoms with van der Waals surface area (Å²) in [6, 6.07) is 11.9. The van der Waals surface area contributed by atoms with Gasteiger partial charge in [0.2, 0.25) is 0 Å². The second-order valence-corrected chi connectivity index (χ2v) is 9.93. The zero-order chi connectivity index (χ0) is 20.1. The highest BCUT2D eigenvalue weighted by Crippen LogP contribution is 2.35. The Morgan fingerprint density at radius 1 is 1.07 bits per heavy atom. The Morgan fingerprint density at radius 3 is 2.57 bits per heavy atom. The molecule has 0 spiro atoms. The van der Waals surface area contributed by atoms with E-state index in [-0.39, 0.29) is 9.90 Å². The Morgan fingerprint density at radius 2 is 1.79 bits per heavy atom. The summed E-state index contributed by atoms with van der Waals surface area (Å²) in [5.74, 6) is -0.613. The van der Waals surface area contributed by atoms with Crippen LogP contribution in [0.4, 0.5) is 0 Å². The van der Waals surface area contributed by atoms with Crippen molar-refractivity contribution in [1.29, 1.82) is 0 Å². The lowest BCUT2D eigenvalue weighted by atomic mass is 10.2. The molecule has 0 aliphatic rings. The standard InChI is InChI=1S/C18H13Cl2N3O3S2/c1-9-13-8-12(20)3-5-16(13)27-18(9)28(25,26)23-22-17(24)15-7-10-6-11(19)2-4-14(10)21-15/h2-8,21,23H,1H3,(H,22,24). The van der Waals surface area contributed by atoms with E-state index in [0.717, 1.165) is 32.3 Å². The van der Waals surface area contributed by atoms with Crippen molar-refractivity contribution in [2.45, 2.75) is 11.1 Å². The van der Waals surface area contributed by atoms with Crippen molar-refractivity contribution in [3.63, 3.8) is 0 Å². The summed E-state index contributed by atoms with van der Waals surface area (Å²) in [5.41, 5.74) is 3.73. The molecule has 2 aromatic heterocycles. The zero-order valence-corrected chi connectivity index (χ0v) is 17.5. The molecule has 3 N–H and O–H groups in total. The van der Waals surface area contributed by atoms with Crippen molar-refractivity contribution < 1.29 is 13.2 Å². The van der Waals surface area contributed by atoms with Crippen molar-refractivity contribution in [2.75, 3.05) is 0 Å². The summed E-state index contributed by atoms with van der Waals surface area (Å²) in [4.78, 5) is 17.4. The summed E-state index contributed by atoms with van der Waals surface area (Å²) in [7, 11) is -3.95. The highest BCUT2D eigenvalue weighted by atomic mass is 35.5. The number of amides is 1. The maximum absolute atomic E-state index is 12.7. The Kier molecular flexibility index (Phi) is 4.84. The van der Waals surface area contributed by atoms with Gasteiger partial charge in [0, 0.05) is 25.6 Å². The van der Waals surface area contributed by atoms with Crippen molar-refractivity contribution in [3.05, 3.63) is 63.8 Å². The number of carbonyl (C=O) groups is 1. The number of hydrazine groups is 1. The maximum Gasteiger partial charge on any atom is 0.282 e. The van der Waals surface area contributed by atoms with E-state index in [1.165, 1.54) is 0 Å². The molecule has 0 unspecified atom stereocenters. The van der Waals surface area contributed by atoms with E-state index in [9.17, 15) is 13.2 Å². The number of aromatic nitrogens is 1. The van der Waals surface area contributed by atoms with Crippen LogP contribution in [0.25, 0.3) is 21.0 Å². The molecule has 0 aliphatic carbocycles. The smallest absolute Gasteiger partial charge is 0.282 e. The highest BCUT2D eigenvalue weighted by molar-refractivity contribution is 7.91. The average Bonchev–Trinajstić information content (AvgIpc) is 3.21. The zero-order valence-electron chi connectivity index (χ0n) is 14.3. The Hall–Kier alpha value is -2.10. The SMILES string of the molecule is Cc1c(S(=O)(=O)NNC(=O)c2cc3cc(Cl)ccc3[nH]2)sc2ccc(Cl)cc12. The Labute approximate surface area is 174 Å². The van der Waals surface area contributed by atoms with Gasteiger partial charge in [-0.2, -0.15) is 0 Å². The van der Waals surface area contributed by atoms with E-state index >= 15 is 0 Å². The Bertz CT molecular complexity index is 1340. The largest absolute Gasteiger partial charge is 0.350 e. The van der Waals surface area contributed by atoms with Crippen LogP contribution in [0.15, 0.2) is 46.7 Å². The minimum absolute atomic E-state index is 0.119. The Balaban J connectivity index is 1.58. The first-order valence-electron chi connectivity index (χ1n) is 8.04. The number of thiophene rings is 1. The van der Waals surface area contributed by atoms with Gasteiger partial charge in [0.25, 0.3) is 15.9 Å². The average molecular weight is 454 g/mol. The molecule has 0 fully saturated rings. The molecule has 4 rings (SSSR count). The fourth-order valence-corrected chi connectivity index (χ4v) is 5.82. The summed E-state index contributed by atoms with van der Waals surface area (Å²) >= 11 is 13.0. The lowest BCUT2D eigenvalue weighted by Crippen LogP contribution is -2.41. The lowest BCUT2D eigenvalue weighted by molar-refractivity contribution is 0.0941. The number of hydrogen-bond donors (Lipinski definition) is 3. The number of halogens is 2. The molecule has 144 valence electrons. The maximum atomic E-state index is 12.7. The number of nitrogens with one attached hydrogen (secondary N) is 3. The molecule has 10 heteroatoms. The van der Waals surface area contributed by atoms with E-state index < -0.39 is 15.9 Å². The number of aromatic amines is 1. The van der Waals surface area contributed by atoms with E-state index in [2.05, 4.69) is 15.2 Å². The molecule has 0 bridgehead atoms. The second-order valence-electron chi connectivity index (χ2n) is 6.13. The first-order chi connectivity index (χ1) is 13.2. The van der Waals surface area contributed by atoms with Crippen molar-refractivity contribution in [3.8, 4) is 0 Å². The minimum Gasteiger partial charge on any atom is -0.350 e. The summed E-state index contributed by atoms with van der Waals surface area (Å²) < 4.78 is 26.3. The molecule has 1 amide bonds. The highest BCUT2D eigenvalue weighted by Gasteiger charge is 2.23. The molecule has 0 radical (unpaired) electrons. The van der Waals surface area contributed by atoms with Crippen LogP contribution in [0.2, 0.25) is 10.0 Å².